The zero-order valence-electron chi connectivity index (χ0n) is 12.7. The molecule has 5 nitrogen and oxygen atoms in total. The summed E-state index contributed by atoms with van der Waals surface area (Å²) in [4.78, 5) is 23.4. The second-order valence-electron chi connectivity index (χ2n) is 6.02. The van der Waals surface area contributed by atoms with Crippen molar-refractivity contribution in [2.75, 3.05) is 0 Å². The molecule has 22 heavy (non-hydrogen) atoms. The third-order valence-corrected chi connectivity index (χ3v) is 3.72. The van der Waals surface area contributed by atoms with Crippen LogP contribution in [0.4, 0.5) is 0 Å². The summed E-state index contributed by atoms with van der Waals surface area (Å²) < 4.78 is 7.65. The Balaban J connectivity index is 2.18. The minimum atomic E-state index is -0.923. The predicted molar refractivity (Wildman–Crippen MR) is 83.6 cm³/mol. The lowest BCUT2D eigenvalue weighted by Crippen LogP contribution is -2.17. The van der Waals surface area contributed by atoms with Crippen LogP contribution in [0.3, 0.4) is 0 Å². The first-order valence-corrected chi connectivity index (χ1v) is 7.52. The molecule has 3 rings (SSSR count). The van der Waals surface area contributed by atoms with Crippen molar-refractivity contribution < 1.29 is 14.6 Å². The Bertz CT molecular complexity index is 787. The number of carboxylic acids is 1. The molecular weight excluding hydrogens is 282 g/mol. The van der Waals surface area contributed by atoms with Crippen LogP contribution in [0, 0.1) is 0 Å². The van der Waals surface area contributed by atoms with Gasteiger partial charge in [0.2, 0.25) is 0 Å². The maximum absolute atomic E-state index is 12.4. The number of pyridine rings is 1. The quantitative estimate of drug-likeness (QED) is 0.922. The first kappa shape index (κ1) is 14.6. The number of hydrogen-bond donors (Lipinski definition) is 1. The number of carbonyl (C=O) groups is 1. The molecule has 0 atom stereocenters. The molecule has 0 spiro atoms. The van der Waals surface area contributed by atoms with E-state index in [9.17, 15) is 9.59 Å². The normalized spacial score (nSPS) is 14.5. The molecule has 1 heterocycles. The van der Waals surface area contributed by atoms with Crippen molar-refractivity contribution in [2.45, 2.75) is 45.3 Å². The number of aromatic nitrogens is 1. The molecule has 1 saturated carbocycles. The van der Waals surface area contributed by atoms with Gasteiger partial charge in [0.05, 0.1) is 18.0 Å². The number of aliphatic carboxylic acids is 1. The molecule has 0 aliphatic heterocycles. The van der Waals surface area contributed by atoms with Gasteiger partial charge in [-0.05, 0) is 44.9 Å². The number of carboxylic acid groups (broad SMARTS) is 1. The van der Waals surface area contributed by atoms with Crippen LogP contribution < -0.4 is 10.2 Å². The first-order chi connectivity index (χ1) is 10.5. The summed E-state index contributed by atoms with van der Waals surface area (Å²) in [6.45, 7) is 3.87. The average Bonchev–Trinajstić information content (AvgIpc) is 3.22. The van der Waals surface area contributed by atoms with E-state index in [1.165, 1.54) is 6.07 Å². The van der Waals surface area contributed by atoms with Crippen molar-refractivity contribution in [1.29, 1.82) is 0 Å². The summed E-state index contributed by atoms with van der Waals surface area (Å²) >= 11 is 0. The standard InChI is InChI=1S/C17H19NO4/c1-10(2)22-13-5-6-15-14(9-13)16(19)7-12(8-17(20)21)18(15)11-3-4-11/h5-7,9-11H,3-4,8H2,1-2H3,(H,20,21). The van der Waals surface area contributed by atoms with Gasteiger partial charge >= 0.3 is 5.97 Å². The molecule has 5 heteroatoms. The van der Waals surface area contributed by atoms with E-state index in [0.717, 1.165) is 18.4 Å². The van der Waals surface area contributed by atoms with Crippen molar-refractivity contribution >= 4 is 16.9 Å². The fraction of sp³-hybridized carbons (Fsp3) is 0.412. The Morgan fingerprint density at radius 1 is 1.36 bits per heavy atom. The summed E-state index contributed by atoms with van der Waals surface area (Å²) in [6, 6.07) is 7.20. The largest absolute Gasteiger partial charge is 0.491 e. The molecule has 1 aliphatic carbocycles. The van der Waals surface area contributed by atoms with Gasteiger partial charge in [-0.3, -0.25) is 9.59 Å². The number of nitrogens with zero attached hydrogens (tertiary/aromatic N) is 1. The SMILES string of the molecule is CC(C)Oc1ccc2c(c1)c(=O)cc(CC(=O)O)n2C1CC1. The third-order valence-electron chi connectivity index (χ3n) is 3.72. The minimum Gasteiger partial charge on any atom is -0.491 e. The molecule has 1 aromatic carbocycles. The maximum Gasteiger partial charge on any atom is 0.309 e. The summed E-state index contributed by atoms with van der Waals surface area (Å²) in [5.41, 5.74) is 1.21. The zero-order valence-corrected chi connectivity index (χ0v) is 12.7. The van der Waals surface area contributed by atoms with E-state index in [2.05, 4.69) is 0 Å². The molecule has 1 fully saturated rings. The molecule has 1 aliphatic rings. The van der Waals surface area contributed by atoms with Gasteiger partial charge in [0.1, 0.15) is 5.75 Å². The molecule has 0 bridgehead atoms. The Morgan fingerprint density at radius 2 is 2.09 bits per heavy atom. The van der Waals surface area contributed by atoms with Crippen LogP contribution in [0.25, 0.3) is 10.9 Å². The van der Waals surface area contributed by atoms with Crippen LogP contribution in [0.2, 0.25) is 0 Å². The van der Waals surface area contributed by atoms with Gasteiger partial charge in [-0.1, -0.05) is 0 Å². The van der Waals surface area contributed by atoms with E-state index >= 15 is 0 Å². The lowest BCUT2D eigenvalue weighted by Gasteiger charge is -2.17. The molecule has 0 unspecified atom stereocenters. The summed E-state index contributed by atoms with van der Waals surface area (Å²) in [6.07, 6.45) is 1.95. The van der Waals surface area contributed by atoms with Gasteiger partial charge in [0.25, 0.3) is 0 Å². The molecule has 116 valence electrons. The minimum absolute atomic E-state index is 0.0365. The maximum atomic E-state index is 12.4. The smallest absolute Gasteiger partial charge is 0.309 e. The number of benzene rings is 1. The first-order valence-electron chi connectivity index (χ1n) is 7.52. The molecule has 2 aromatic rings. The van der Waals surface area contributed by atoms with Crippen LogP contribution in [-0.2, 0) is 11.2 Å². The van der Waals surface area contributed by atoms with Gasteiger partial charge in [0, 0.05) is 23.2 Å². The van der Waals surface area contributed by atoms with E-state index in [4.69, 9.17) is 9.84 Å². The summed E-state index contributed by atoms with van der Waals surface area (Å²) in [5, 5.41) is 9.65. The Morgan fingerprint density at radius 3 is 2.68 bits per heavy atom. The van der Waals surface area contributed by atoms with Crippen molar-refractivity contribution in [2.24, 2.45) is 0 Å². The molecule has 0 saturated heterocycles. The van der Waals surface area contributed by atoms with Crippen LogP contribution in [0.15, 0.2) is 29.1 Å². The van der Waals surface area contributed by atoms with Crippen LogP contribution in [0.1, 0.15) is 38.4 Å². The molecular formula is C17H19NO4. The number of rotatable bonds is 5. The zero-order chi connectivity index (χ0) is 15.9. The lowest BCUT2D eigenvalue weighted by atomic mass is 10.1. The Kier molecular flexibility index (Phi) is 3.64. The monoisotopic (exact) mass is 301 g/mol. The molecule has 0 radical (unpaired) electrons. The summed E-state index contributed by atoms with van der Waals surface area (Å²) in [5.74, 6) is -0.263. The van der Waals surface area contributed by atoms with Crippen LogP contribution in [0.5, 0.6) is 5.75 Å². The second kappa shape index (κ2) is 5.48. The van der Waals surface area contributed by atoms with Gasteiger partial charge in [-0.2, -0.15) is 0 Å². The van der Waals surface area contributed by atoms with E-state index in [0.29, 0.717) is 22.9 Å². The highest BCUT2D eigenvalue weighted by molar-refractivity contribution is 5.82. The highest BCUT2D eigenvalue weighted by Gasteiger charge is 2.27. The van der Waals surface area contributed by atoms with Crippen molar-refractivity contribution in [3.63, 3.8) is 0 Å². The topological polar surface area (TPSA) is 68.5 Å². The highest BCUT2D eigenvalue weighted by atomic mass is 16.5. The fourth-order valence-electron chi connectivity index (χ4n) is 2.78. The average molecular weight is 301 g/mol. The number of hydrogen-bond acceptors (Lipinski definition) is 3. The number of ether oxygens (including phenoxy) is 1. The van der Waals surface area contributed by atoms with Crippen molar-refractivity contribution in [3.05, 3.63) is 40.2 Å². The van der Waals surface area contributed by atoms with E-state index in [1.54, 1.807) is 6.07 Å². The van der Waals surface area contributed by atoms with Gasteiger partial charge in [0.15, 0.2) is 5.43 Å². The molecule has 1 N–H and O–H groups in total. The van der Waals surface area contributed by atoms with Crippen molar-refractivity contribution in [3.8, 4) is 5.75 Å². The van der Waals surface area contributed by atoms with Gasteiger partial charge < -0.3 is 14.4 Å². The van der Waals surface area contributed by atoms with Crippen LogP contribution in [-0.4, -0.2) is 21.7 Å². The lowest BCUT2D eigenvalue weighted by molar-refractivity contribution is -0.136. The van der Waals surface area contributed by atoms with E-state index in [-0.39, 0.29) is 18.0 Å². The van der Waals surface area contributed by atoms with Gasteiger partial charge in [-0.25, -0.2) is 0 Å². The van der Waals surface area contributed by atoms with Crippen molar-refractivity contribution in [1.82, 2.24) is 4.57 Å². The van der Waals surface area contributed by atoms with Gasteiger partial charge in [-0.15, -0.1) is 0 Å². The molecule has 1 aromatic heterocycles. The second-order valence-corrected chi connectivity index (χ2v) is 6.02. The fourth-order valence-corrected chi connectivity index (χ4v) is 2.78. The predicted octanol–water partition coefficient (Wildman–Crippen LogP) is 2.75. The van der Waals surface area contributed by atoms with E-state index in [1.807, 2.05) is 30.5 Å². The highest BCUT2D eigenvalue weighted by Crippen LogP contribution is 2.38. The molecule has 0 amide bonds. The number of fused-ring (bicyclic) bond motifs is 1. The van der Waals surface area contributed by atoms with E-state index < -0.39 is 5.97 Å². The Hall–Kier alpha value is -2.30. The summed E-state index contributed by atoms with van der Waals surface area (Å²) in [7, 11) is 0. The van der Waals surface area contributed by atoms with Crippen LogP contribution >= 0.6 is 0 Å². The Labute approximate surface area is 128 Å². The third kappa shape index (κ3) is 2.84.